The van der Waals surface area contributed by atoms with E-state index in [1.165, 1.54) is 0 Å². The molecule has 2 heteroatoms. The third-order valence-corrected chi connectivity index (χ3v) is 2.53. The second kappa shape index (κ2) is 4.96. The van der Waals surface area contributed by atoms with Gasteiger partial charge in [0.1, 0.15) is 0 Å². The van der Waals surface area contributed by atoms with Gasteiger partial charge in [0.05, 0.1) is 5.92 Å². The third-order valence-electron chi connectivity index (χ3n) is 2.53. The van der Waals surface area contributed by atoms with E-state index in [2.05, 4.69) is 13.8 Å². The fraction of sp³-hybridized carbons (Fsp3) is 0.462. The minimum absolute atomic E-state index is 0.0267. The SMILES string of the molecule is CC(C)C(C(=O)N(C)C)c1ccccc1. The minimum Gasteiger partial charge on any atom is -0.348 e. The predicted octanol–water partition coefficient (Wildman–Crippen LogP) is 2.51. The number of amides is 1. The number of rotatable bonds is 3. The number of carbonyl (C=O) groups excluding carboxylic acids is 1. The highest BCUT2D eigenvalue weighted by Gasteiger charge is 2.24. The average molecular weight is 205 g/mol. The van der Waals surface area contributed by atoms with Gasteiger partial charge in [-0.25, -0.2) is 0 Å². The van der Waals surface area contributed by atoms with E-state index >= 15 is 0 Å². The van der Waals surface area contributed by atoms with Crippen molar-refractivity contribution < 1.29 is 4.79 Å². The maximum Gasteiger partial charge on any atom is 0.229 e. The molecule has 0 aromatic heterocycles. The van der Waals surface area contributed by atoms with Crippen LogP contribution in [0.15, 0.2) is 30.3 Å². The standard InChI is InChI=1S/C13H19NO/c1-10(2)12(13(15)14(3)4)11-8-6-5-7-9-11/h5-10,12H,1-4H3. The van der Waals surface area contributed by atoms with Crippen LogP contribution in [0.2, 0.25) is 0 Å². The molecule has 82 valence electrons. The first kappa shape index (κ1) is 11.8. The normalized spacial score (nSPS) is 12.6. The summed E-state index contributed by atoms with van der Waals surface area (Å²) in [5, 5.41) is 0. The summed E-state index contributed by atoms with van der Waals surface area (Å²) in [6.07, 6.45) is 0. The monoisotopic (exact) mass is 205 g/mol. The van der Waals surface area contributed by atoms with E-state index in [0.717, 1.165) is 5.56 Å². The van der Waals surface area contributed by atoms with E-state index in [1.807, 2.05) is 30.3 Å². The predicted molar refractivity (Wildman–Crippen MR) is 62.7 cm³/mol. The van der Waals surface area contributed by atoms with Gasteiger partial charge in [0.25, 0.3) is 0 Å². The summed E-state index contributed by atoms with van der Waals surface area (Å²) in [5.74, 6) is 0.472. The lowest BCUT2D eigenvalue weighted by Crippen LogP contribution is -2.31. The molecule has 1 rings (SSSR count). The van der Waals surface area contributed by atoms with Crippen LogP contribution in [-0.2, 0) is 4.79 Å². The molecular weight excluding hydrogens is 186 g/mol. The molecule has 0 radical (unpaired) electrons. The van der Waals surface area contributed by atoms with E-state index in [1.54, 1.807) is 19.0 Å². The number of benzene rings is 1. The Morgan fingerprint density at radius 1 is 1.13 bits per heavy atom. The van der Waals surface area contributed by atoms with Gasteiger partial charge in [0.2, 0.25) is 5.91 Å². The molecule has 1 aromatic rings. The second-order valence-electron chi connectivity index (χ2n) is 4.37. The van der Waals surface area contributed by atoms with Crippen LogP contribution in [0.4, 0.5) is 0 Å². The van der Waals surface area contributed by atoms with Crippen molar-refractivity contribution in [2.24, 2.45) is 5.92 Å². The van der Waals surface area contributed by atoms with Gasteiger partial charge < -0.3 is 4.90 Å². The quantitative estimate of drug-likeness (QED) is 0.742. The van der Waals surface area contributed by atoms with Crippen molar-refractivity contribution in [2.75, 3.05) is 14.1 Å². The summed E-state index contributed by atoms with van der Waals surface area (Å²) in [6.45, 7) is 4.16. The molecule has 15 heavy (non-hydrogen) atoms. The first-order chi connectivity index (χ1) is 7.04. The molecule has 0 aliphatic rings. The van der Waals surface area contributed by atoms with Gasteiger partial charge in [-0.1, -0.05) is 44.2 Å². The Bertz CT molecular complexity index is 317. The van der Waals surface area contributed by atoms with Crippen LogP contribution in [-0.4, -0.2) is 24.9 Å². The number of nitrogens with zero attached hydrogens (tertiary/aromatic N) is 1. The molecule has 0 aliphatic heterocycles. The summed E-state index contributed by atoms with van der Waals surface area (Å²) in [6, 6.07) is 9.97. The zero-order valence-corrected chi connectivity index (χ0v) is 9.90. The van der Waals surface area contributed by atoms with Gasteiger partial charge in [-0.05, 0) is 11.5 Å². The summed E-state index contributed by atoms with van der Waals surface area (Å²) in [5.41, 5.74) is 1.10. The van der Waals surface area contributed by atoms with Crippen molar-refractivity contribution in [2.45, 2.75) is 19.8 Å². The first-order valence-corrected chi connectivity index (χ1v) is 5.30. The number of hydrogen-bond acceptors (Lipinski definition) is 1. The third kappa shape index (κ3) is 2.82. The van der Waals surface area contributed by atoms with Crippen molar-refractivity contribution in [1.29, 1.82) is 0 Å². The topological polar surface area (TPSA) is 20.3 Å². The van der Waals surface area contributed by atoms with Crippen LogP contribution in [0.5, 0.6) is 0 Å². The Hall–Kier alpha value is -1.31. The zero-order valence-electron chi connectivity index (χ0n) is 9.90. The first-order valence-electron chi connectivity index (χ1n) is 5.30. The lowest BCUT2D eigenvalue weighted by Gasteiger charge is -2.23. The van der Waals surface area contributed by atoms with Gasteiger partial charge in [0, 0.05) is 14.1 Å². The Kier molecular flexibility index (Phi) is 3.89. The largest absolute Gasteiger partial charge is 0.348 e. The van der Waals surface area contributed by atoms with Gasteiger partial charge in [-0.15, -0.1) is 0 Å². The molecule has 1 atom stereocenters. The molecule has 1 unspecified atom stereocenters. The van der Waals surface area contributed by atoms with Crippen molar-refractivity contribution in [1.82, 2.24) is 4.90 Å². The van der Waals surface area contributed by atoms with Crippen LogP contribution in [0.1, 0.15) is 25.3 Å². The fourth-order valence-corrected chi connectivity index (χ4v) is 1.75. The second-order valence-corrected chi connectivity index (χ2v) is 4.37. The van der Waals surface area contributed by atoms with E-state index in [4.69, 9.17) is 0 Å². The summed E-state index contributed by atoms with van der Waals surface area (Å²) in [7, 11) is 3.61. The molecular formula is C13H19NO. The molecule has 0 spiro atoms. The lowest BCUT2D eigenvalue weighted by atomic mass is 9.87. The van der Waals surface area contributed by atoms with Crippen molar-refractivity contribution in [3.05, 3.63) is 35.9 Å². The van der Waals surface area contributed by atoms with Gasteiger partial charge in [-0.3, -0.25) is 4.79 Å². The lowest BCUT2D eigenvalue weighted by molar-refractivity contribution is -0.131. The Morgan fingerprint density at radius 3 is 2.07 bits per heavy atom. The fourth-order valence-electron chi connectivity index (χ4n) is 1.75. The average Bonchev–Trinajstić information content (AvgIpc) is 2.18. The van der Waals surface area contributed by atoms with Gasteiger partial charge in [0.15, 0.2) is 0 Å². The highest BCUT2D eigenvalue weighted by atomic mass is 16.2. The van der Waals surface area contributed by atoms with Crippen LogP contribution in [0.3, 0.4) is 0 Å². The molecule has 0 fully saturated rings. The molecule has 2 nitrogen and oxygen atoms in total. The summed E-state index contributed by atoms with van der Waals surface area (Å²) >= 11 is 0. The maximum atomic E-state index is 12.0. The maximum absolute atomic E-state index is 12.0. The summed E-state index contributed by atoms with van der Waals surface area (Å²) < 4.78 is 0. The number of likely N-dealkylation sites (N-methyl/N-ethyl adjacent to an activating group) is 1. The van der Waals surface area contributed by atoms with Crippen LogP contribution in [0, 0.1) is 5.92 Å². The molecule has 0 heterocycles. The van der Waals surface area contributed by atoms with Gasteiger partial charge >= 0.3 is 0 Å². The zero-order chi connectivity index (χ0) is 11.4. The number of hydrogen-bond donors (Lipinski definition) is 0. The van der Waals surface area contributed by atoms with Crippen molar-refractivity contribution in [3.63, 3.8) is 0 Å². The molecule has 0 aliphatic carbocycles. The van der Waals surface area contributed by atoms with Crippen molar-refractivity contribution >= 4 is 5.91 Å². The highest BCUT2D eigenvalue weighted by Crippen LogP contribution is 2.25. The number of carbonyl (C=O) groups is 1. The highest BCUT2D eigenvalue weighted by molar-refractivity contribution is 5.83. The van der Waals surface area contributed by atoms with Gasteiger partial charge in [-0.2, -0.15) is 0 Å². The molecule has 0 bridgehead atoms. The Morgan fingerprint density at radius 2 is 1.67 bits per heavy atom. The van der Waals surface area contributed by atoms with E-state index in [-0.39, 0.29) is 11.8 Å². The van der Waals surface area contributed by atoms with Crippen LogP contribution in [0.25, 0.3) is 0 Å². The van der Waals surface area contributed by atoms with Crippen molar-refractivity contribution in [3.8, 4) is 0 Å². The Labute approximate surface area is 91.9 Å². The molecule has 0 saturated carbocycles. The smallest absolute Gasteiger partial charge is 0.229 e. The Balaban J connectivity index is 2.99. The summed E-state index contributed by atoms with van der Waals surface area (Å²) in [4.78, 5) is 13.7. The van der Waals surface area contributed by atoms with E-state index in [0.29, 0.717) is 5.92 Å². The van der Waals surface area contributed by atoms with Crippen LogP contribution >= 0.6 is 0 Å². The molecule has 0 N–H and O–H groups in total. The minimum atomic E-state index is -0.0267. The molecule has 1 amide bonds. The molecule has 1 aromatic carbocycles. The van der Waals surface area contributed by atoms with E-state index < -0.39 is 0 Å². The van der Waals surface area contributed by atoms with E-state index in [9.17, 15) is 4.79 Å². The van der Waals surface area contributed by atoms with Crippen LogP contribution < -0.4 is 0 Å². The molecule has 0 saturated heterocycles.